The standard InChI is InChI=1S/C25H32N2O5.C16H19BrN2O2.C9H14O3/c1-17(26-23(29)32-24(2,3)4)20-9-8-19-7-6-18(16-21(19)27-20)10-11-25(22(28)30-5)12-14-31-15-13-25;1-10(18-15(20)21-16(2,3)4)13-8-6-11-5-7-12(17)9-14(11)19-13;1-3-9(8(10)11-2)4-6-12-7-5-9/h6-11,16-17H,12-15H2,1-5H3,(H,26,29);5-10H,1-4H3,(H,18,20);3H,1,4-7H2,2H3/b11-10+;;/t17-;10-;/m11./s1. The van der Waals surface area contributed by atoms with Gasteiger partial charge in [0.15, 0.2) is 0 Å². The summed E-state index contributed by atoms with van der Waals surface area (Å²) in [7, 11) is 2.82. The Kier molecular flexibility index (Phi) is 18.6. The second-order valence-electron chi connectivity index (χ2n) is 18.1. The van der Waals surface area contributed by atoms with Gasteiger partial charge in [0.1, 0.15) is 11.2 Å². The van der Waals surface area contributed by atoms with Crippen LogP contribution in [0.25, 0.3) is 27.9 Å². The molecule has 2 aliphatic rings. The van der Waals surface area contributed by atoms with Gasteiger partial charge in [0.2, 0.25) is 0 Å². The highest BCUT2D eigenvalue weighted by atomic mass is 79.9. The summed E-state index contributed by atoms with van der Waals surface area (Å²) in [6.07, 6.45) is 7.20. The number of amides is 2. The zero-order chi connectivity index (χ0) is 48.0. The number of methoxy groups -OCH3 is 2. The molecule has 15 heteroatoms. The van der Waals surface area contributed by atoms with Gasteiger partial charge in [0.25, 0.3) is 0 Å². The Morgan fingerprint density at radius 1 is 0.677 bits per heavy atom. The van der Waals surface area contributed by atoms with Crippen LogP contribution < -0.4 is 10.6 Å². The third-order valence-electron chi connectivity index (χ3n) is 10.7. The molecular weight excluding hydrogens is 896 g/mol. The van der Waals surface area contributed by atoms with Gasteiger partial charge in [-0.1, -0.05) is 64.5 Å². The van der Waals surface area contributed by atoms with Gasteiger partial charge < -0.3 is 39.1 Å². The minimum absolute atomic E-state index is 0.194. The number of aromatic nitrogens is 2. The third kappa shape index (κ3) is 15.6. The Morgan fingerprint density at radius 3 is 1.54 bits per heavy atom. The van der Waals surface area contributed by atoms with E-state index >= 15 is 0 Å². The number of hydrogen-bond donors (Lipinski definition) is 2. The van der Waals surface area contributed by atoms with E-state index in [2.05, 4.69) is 38.1 Å². The molecule has 0 saturated carbocycles. The zero-order valence-corrected chi connectivity index (χ0v) is 41.0. The quantitative estimate of drug-likeness (QED) is 0.0925. The Balaban J connectivity index is 0.000000239. The highest BCUT2D eigenvalue weighted by Crippen LogP contribution is 2.35. The fourth-order valence-corrected chi connectivity index (χ4v) is 7.37. The number of alkyl carbamates (subject to hydrolysis) is 2. The number of hydrogen-bond acceptors (Lipinski definition) is 12. The monoisotopic (exact) mass is 960 g/mol. The smallest absolute Gasteiger partial charge is 0.408 e. The molecule has 2 aromatic carbocycles. The largest absolute Gasteiger partial charge is 0.468 e. The number of halogens is 1. The zero-order valence-electron chi connectivity index (χ0n) is 39.4. The first-order chi connectivity index (χ1) is 30.6. The fourth-order valence-electron chi connectivity index (χ4n) is 7.02. The minimum Gasteiger partial charge on any atom is -0.468 e. The molecule has 2 atom stereocenters. The van der Waals surface area contributed by atoms with E-state index in [0.29, 0.717) is 52.1 Å². The summed E-state index contributed by atoms with van der Waals surface area (Å²) in [6.45, 7) is 20.7. The van der Waals surface area contributed by atoms with Crippen LogP contribution in [0, 0.1) is 10.8 Å². The van der Waals surface area contributed by atoms with Crippen molar-refractivity contribution in [3.05, 3.63) is 101 Å². The summed E-state index contributed by atoms with van der Waals surface area (Å²) in [5.41, 5.74) is 1.94. The summed E-state index contributed by atoms with van der Waals surface area (Å²) < 4.78 is 31.9. The molecular formula is C50H65BrN4O10. The number of rotatable bonds is 9. The molecule has 2 aliphatic heterocycles. The molecule has 6 rings (SSSR count). The van der Waals surface area contributed by atoms with E-state index in [1.54, 1.807) is 6.08 Å². The molecule has 0 aliphatic carbocycles. The number of carbonyl (C=O) groups excluding carboxylic acids is 4. The van der Waals surface area contributed by atoms with Crippen LogP contribution in [-0.4, -0.2) is 85.9 Å². The summed E-state index contributed by atoms with van der Waals surface area (Å²) in [5, 5.41) is 7.67. The molecule has 2 saturated heterocycles. The van der Waals surface area contributed by atoms with Crippen molar-refractivity contribution < 1.29 is 47.6 Å². The molecule has 14 nitrogen and oxygen atoms in total. The molecule has 2 aromatic heterocycles. The average molecular weight is 962 g/mol. The minimum atomic E-state index is -0.664. The summed E-state index contributed by atoms with van der Waals surface area (Å²) in [4.78, 5) is 57.0. The summed E-state index contributed by atoms with van der Waals surface area (Å²) in [5.74, 6) is -0.430. The van der Waals surface area contributed by atoms with Crippen LogP contribution in [0.3, 0.4) is 0 Å². The van der Waals surface area contributed by atoms with Crippen molar-refractivity contribution in [2.75, 3.05) is 40.6 Å². The predicted molar refractivity (Wildman–Crippen MR) is 255 cm³/mol. The number of carbonyl (C=O) groups is 4. The van der Waals surface area contributed by atoms with Crippen molar-refractivity contribution in [1.29, 1.82) is 0 Å². The first kappa shape index (κ1) is 52.2. The van der Waals surface area contributed by atoms with Crippen LogP contribution in [0.15, 0.2) is 83.9 Å². The Morgan fingerprint density at radius 2 is 1.09 bits per heavy atom. The van der Waals surface area contributed by atoms with E-state index < -0.39 is 34.2 Å². The van der Waals surface area contributed by atoms with Gasteiger partial charge in [-0.25, -0.2) is 9.59 Å². The van der Waals surface area contributed by atoms with E-state index in [1.165, 1.54) is 14.2 Å². The lowest BCUT2D eigenvalue weighted by atomic mass is 9.79. The van der Waals surface area contributed by atoms with Crippen molar-refractivity contribution in [1.82, 2.24) is 20.6 Å². The molecule has 0 radical (unpaired) electrons. The Labute approximate surface area is 391 Å². The third-order valence-corrected chi connectivity index (χ3v) is 11.2. The summed E-state index contributed by atoms with van der Waals surface area (Å²) in [6, 6.07) is 19.2. The van der Waals surface area contributed by atoms with Crippen molar-refractivity contribution in [3.63, 3.8) is 0 Å². The first-order valence-corrected chi connectivity index (χ1v) is 22.5. The van der Waals surface area contributed by atoms with Crippen molar-refractivity contribution >= 4 is 67.9 Å². The van der Waals surface area contributed by atoms with E-state index in [9.17, 15) is 19.2 Å². The van der Waals surface area contributed by atoms with Gasteiger partial charge in [-0.15, -0.1) is 6.58 Å². The SMILES string of the molecule is C=CC1(C(=O)OC)CCOCC1.COC(=O)C1(/C=C/c2ccc3ccc([C@@H](C)NC(=O)OC(C)(C)C)nc3c2)CCOCC1.C[C@@H](NC(=O)OC(C)(C)C)c1ccc2ccc(Br)cc2n1. The molecule has 352 valence electrons. The van der Waals surface area contributed by atoms with Crippen LogP contribution in [0.1, 0.15) is 110 Å². The van der Waals surface area contributed by atoms with Gasteiger partial charge in [-0.2, -0.15) is 0 Å². The van der Waals surface area contributed by atoms with E-state index in [0.717, 1.165) is 43.2 Å². The van der Waals surface area contributed by atoms with Crippen LogP contribution in [0.5, 0.6) is 0 Å². The van der Waals surface area contributed by atoms with Crippen LogP contribution in [0.2, 0.25) is 0 Å². The van der Waals surface area contributed by atoms with Gasteiger partial charge in [0, 0.05) is 41.7 Å². The van der Waals surface area contributed by atoms with Crippen molar-refractivity contribution in [3.8, 4) is 0 Å². The number of pyridine rings is 2. The van der Waals surface area contributed by atoms with E-state index in [4.69, 9.17) is 33.4 Å². The molecule has 4 heterocycles. The molecule has 0 spiro atoms. The first-order valence-electron chi connectivity index (χ1n) is 21.7. The van der Waals surface area contributed by atoms with E-state index in [1.807, 2.05) is 128 Å². The maximum absolute atomic E-state index is 12.4. The lowest BCUT2D eigenvalue weighted by Gasteiger charge is -2.31. The second-order valence-corrected chi connectivity index (χ2v) is 19.0. The normalized spacial score (nSPS) is 16.6. The number of benzene rings is 2. The topological polar surface area (TPSA) is 174 Å². The molecule has 0 bridgehead atoms. The van der Waals surface area contributed by atoms with Gasteiger partial charge in [-0.3, -0.25) is 19.6 Å². The van der Waals surface area contributed by atoms with Crippen molar-refractivity contribution in [2.45, 2.75) is 104 Å². The lowest BCUT2D eigenvalue weighted by Crippen LogP contribution is -2.36. The van der Waals surface area contributed by atoms with Crippen LogP contribution in [0.4, 0.5) is 9.59 Å². The highest BCUT2D eigenvalue weighted by molar-refractivity contribution is 9.10. The second kappa shape index (κ2) is 23.2. The Bertz CT molecular complexity index is 2310. The van der Waals surface area contributed by atoms with Crippen LogP contribution in [-0.2, 0) is 38.0 Å². The average Bonchev–Trinajstić information content (AvgIpc) is 3.26. The summed E-state index contributed by atoms with van der Waals surface area (Å²) >= 11 is 3.44. The predicted octanol–water partition coefficient (Wildman–Crippen LogP) is 10.5. The number of esters is 2. The molecule has 2 N–H and O–H groups in total. The fraction of sp³-hybridized carbons (Fsp3) is 0.480. The number of nitrogens with one attached hydrogen (secondary N) is 2. The Hall–Kier alpha value is -5.38. The molecule has 65 heavy (non-hydrogen) atoms. The molecule has 0 unspecified atom stereocenters. The number of nitrogens with zero attached hydrogens (tertiary/aromatic N) is 2. The maximum Gasteiger partial charge on any atom is 0.408 e. The van der Waals surface area contributed by atoms with Crippen molar-refractivity contribution in [2.24, 2.45) is 10.8 Å². The van der Waals surface area contributed by atoms with E-state index in [-0.39, 0.29) is 24.0 Å². The van der Waals surface area contributed by atoms with Gasteiger partial charge in [-0.05, 0) is 117 Å². The number of ether oxygens (including phenoxy) is 6. The van der Waals surface area contributed by atoms with Gasteiger partial charge >= 0.3 is 24.1 Å². The highest BCUT2D eigenvalue weighted by Gasteiger charge is 2.39. The molecule has 2 amide bonds. The molecule has 4 aromatic rings. The lowest BCUT2D eigenvalue weighted by molar-refractivity contribution is -0.155. The maximum atomic E-state index is 12.4. The molecule has 2 fully saturated rings. The van der Waals surface area contributed by atoms with Gasteiger partial charge in [0.05, 0.1) is 59.6 Å². The number of fused-ring (bicyclic) bond motifs is 2. The van der Waals surface area contributed by atoms with Crippen LogP contribution >= 0.6 is 15.9 Å².